The standard InChI is InChI=1S/C24H29F3N2O3/c1-17-14-28(15-18-7-5-4-6-8-18)12-11-21(17)29(23(30)24(25,26)27)16-19-9-10-20(31-2)13-22(19)32-3/h4-10,13,17,21H,11-12,14-16H2,1-3H3/t17-,21+/m1/s1. The Kier molecular flexibility index (Phi) is 7.66. The maximum Gasteiger partial charge on any atom is 0.471 e. The van der Waals surface area contributed by atoms with Gasteiger partial charge in [-0.2, -0.15) is 13.2 Å². The van der Waals surface area contributed by atoms with Crippen LogP contribution in [0.4, 0.5) is 13.2 Å². The van der Waals surface area contributed by atoms with Gasteiger partial charge in [0.1, 0.15) is 11.5 Å². The molecule has 32 heavy (non-hydrogen) atoms. The highest BCUT2D eigenvalue weighted by Crippen LogP contribution is 2.32. The molecule has 0 N–H and O–H groups in total. The Balaban J connectivity index is 1.80. The molecule has 1 fully saturated rings. The van der Waals surface area contributed by atoms with Crippen LogP contribution in [-0.4, -0.2) is 55.2 Å². The van der Waals surface area contributed by atoms with E-state index < -0.39 is 18.1 Å². The van der Waals surface area contributed by atoms with Crippen molar-refractivity contribution in [3.05, 3.63) is 59.7 Å². The number of likely N-dealkylation sites (tertiary alicyclic amines) is 1. The van der Waals surface area contributed by atoms with Crippen LogP contribution in [0, 0.1) is 5.92 Å². The lowest BCUT2D eigenvalue weighted by Crippen LogP contribution is -2.54. The second kappa shape index (κ2) is 10.3. The first-order valence-corrected chi connectivity index (χ1v) is 10.6. The number of alkyl halides is 3. The zero-order chi connectivity index (χ0) is 23.3. The predicted molar refractivity (Wildman–Crippen MR) is 115 cm³/mol. The van der Waals surface area contributed by atoms with Crippen molar-refractivity contribution >= 4 is 5.91 Å². The second-order valence-electron chi connectivity index (χ2n) is 8.16. The van der Waals surface area contributed by atoms with Crippen LogP contribution < -0.4 is 9.47 Å². The molecule has 0 aliphatic carbocycles. The van der Waals surface area contributed by atoms with Gasteiger partial charge in [0.2, 0.25) is 0 Å². The fourth-order valence-corrected chi connectivity index (χ4v) is 4.34. The number of ether oxygens (including phenoxy) is 2. The van der Waals surface area contributed by atoms with E-state index in [1.807, 2.05) is 37.3 Å². The molecule has 174 valence electrons. The van der Waals surface area contributed by atoms with E-state index in [0.29, 0.717) is 36.6 Å². The molecule has 5 nitrogen and oxygen atoms in total. The van der Waals surface area contributed by atoms with E-state index >= 15 is 0 Å². The van der Waals surface area contributed by atoms with Gasteiger partial charge in [0.25, 0.3) is 0 Å². The third-order valence-corrected chi connectivity index (χ3v) is 5.93. The maximum atomic E-state index is 13.5. The molecule has 0 aromatic heterocycles. The van der Waals surface area contributed by atoms with Gasteiger partial charge in [-0.05, 0) is 30.0 Å². The van der Waals surface area contributed by atoms with Crippen molar-refractivity contribution in [3.8, 4) is 11.5 Å². The molecular formula is C24H29F3N2O3. The molecule has 2 aromatic carbocycles. The van der Waals surface area contributed by atoms with Crippen LogP contribution in [0.5, 0.6) is 11.5 Å². The number of benzene rings is 2. The van der Waals surface area contributed by atoms with Gasteiger partial charge in [-0.1, -0.05) is 37.3 Å². The number of rotatable bonds is 7. The number of piperidine rings is 1. The van der Waals surface area contributed by atoms with E-state index in [1.165, 1.54) is 14.2 Å². The smallest absolute Gasteiger partial charge is 0.471 e. The van der Waals surface area contributed by atoms with Gasteiger partial charge in [0.05, 0.1) is 14.2 Å². The van der Waals surface area contributed by atoms with Gasteiger partial charge < -0.3 is 14.4 Å². The SMILES string of the molecule is COc1ccc(CN(C(=O)C(F)(F)F)[C@H]2CCN(Cc3ccccc3)C[C@H]2C)c(OC)c1. The minimum atomic E-state index is -4.94. The number of hydrogen-bond acceptors (Lipinski definition) is 4. The van der Waals surface area contributed by atoms with Gasteiger partial charge in [-0.15, -0.1) is 0 Å². The highest BCUT2D eigenvalue weighted by atomic mass is 19.4. The first-order valence-electron chi connectivity index (χ1n) is 10.6. The molecule has 2 aromatic rings. The minimum Gasteiger partial charge on any atom is -0.497 e. The Labute approximate surface area is 186 Å². The van der Waals surface area contributed by atoms with Gasteiger partial charge >= 0.3 is 12.1 Å². The molecule has 0 spiro atoms. The van der Waals surface area contributed by atoms with Crippen LogP contribution in [0.2, 0.25) is 0 Å². The van der Waals surface area contributed by atoms with Crippen LogP contribution in [0.3, 0.4) is 0 Å². The number of amides is 1. The van der Waals surface area contributed by atoms with Crippen LogP contribution in [0.1, 0.15) is 24.5 Å². The third kappa shape index (κ3) is 5.73. The summed E-state index contributed by atoms with van der Waals surface area (Å²) in [5.41, 5.74) is 1.66. The lowest BCUT2D eigenvalue weighted by molar-refractivity contribution is -0.190. The quantitative estimate of drug-likeness (QED) is 0.623. The zero-order valence-corrected chi connectivity index (χ0v) is 18.6. The summed E-state index contributed by atoms with van der Waals surface area (Å²) in [5.74, 6) is -1.02. The molecule has 3 rings (SSSR count). The van der Waals surface area contributed by atoms with Crippen molar-refractivity contribution in [2.45, 2.75) is 38.7 Å². The summed E-state index contributed by atoms with van der Waals surface area (Å²) in [6.07, 6.45) is -4.48. The number of halogens is 3. The monoisotopic (exact) mass is 450 g/mol. The lowest BCUT2D eigenvalue weighted by atomic mass is 9.91. The first-order chi connectivity index (χ1) is 15.2. The molecule has 1 amide bonds. The fraction of sp³-hybridized carbons (Fsp3) is 0.458. The molecule has 0 saturated carbocycles. The molecule has 1 saturated heterocycles. The summed E-state index contributed by atoms with van der Waals surface area (Å²) in [6, 6.07) is 14.3. The van der Waals surface area contributed by atoms with Crippen LogP contribution in [-0.2, 0) is 17.9 Å². The normalized spacial score (nSPS) is 19.4. The van der Waals surface area contributed by atoms with Gasteiger partial charge in [0.15, 0.2) is 0 Å². The first kappa shape index (κ1) is 23.9. The van der Waals surface area contributed by atoms with Crippen LogP contribution in [0.25, 0.3) is 0 Å². The molecule has 0 unspecified atom stereocenters. The number of methoxy groups -OCH3 is 2. The van der Waals surface area contributed by atoms with Gasteiger partial charge in [-0.25, -0.2) is 0 Å². The molecule has 1 heterocycles. The summed E-state index contributed by atoms with van der Waals surface area (Å²) >= 11 is 0. The summed E-state index contributed by atoms with van der Waals surface area (Å²) in [6.45, 7) is 3.69. The van der Waals surface area contributed by atoms with E-state index in [9.17, 15) is 18.0 Å². The topological polar surface area (TPSA) is 42.0 Å². The molecular weight excluding hydrogens is 421 g/mol. The molecule has 0 bridgehead atoms. The van der Waals surface area contributed by atoms with E-state index in [2.05, 4.69) is 4.90 Å². The zero-order valence-electron chi connectivity index (χ0n) is 18.6. The number of carbonyl (C=O) groups is 1. The summed E-state index contributed by atoms with van der Waals surface area (Å²) in [5, 5.41) is 0. The summed E-state index contributed by atoms with van der Waals surface area (Å²) in [7, 11) is 2.94. The van der Waals surface area contributed by atoms with Gasteiger partial charge in [0, 0.05) is 43.9 Å². The Morgan fingerprint density at radius 1 is 1.12 bits per heavy atom. The van der Waals surface area contributed by atoms with Crippen molar-refractivity contribution in [1.82, 2.24) is 9.80 Å². The average molecular weight is 451 g/mol. The van der Waals surface area contributed by atoms with Crippen molar-refractivity contribution < 1.29 is 27.4 Å². The van der Waals surface area contributed by atoms with Crippen LogP contribution >= 0.6 is 0 Å². The molecule has 8 heteroatoms. The van der Waals surface area contributed by atoms with Crippen molar-refractivity contribution in [3.63, 3.8) is 0 Å². The van der Waals surface area contributed by atoms with Crippen LogP contribution in [0.15, 0.2) is 48.5 Å². The van der Waals surface area contributed by atoms with Crippen molar-refractivity contribution in [1.29, 1.82) is 0 Å². The van der Waals surface area contributed by atoms with E-state index in [4.69, 9.17) is 9.47 Å². The van der Waals surface area contributed by atoms with Crippen molar-refractivity contribution in [2.75, 3.05) is 27.3 Å². The van der Waals surface area contributed by atoms with Gasteiger partial charge in [-0.3, -0.25) is 9.69 Å². The van der Waals surface area contributed by atoms with E-state index in [1.54, 1.807) is 18.2 Å². The number of nitrogens with zero attached hydrogens (tertiary/aromatic N) is 2. The molecule has 1 aliphatic heterocycles. The Bertz CT molecular complexity index is 905. The Morgan fingerprint density at radius 2 is 1.84 bits per heavy atom. The number of hydrogen-bond donors (Lipinski definition) is 0. The Hall–Kier alpha value is -2.74. The highest BCUT2D eigenvalue weighted by molar-refractivity contribution is 5.82. The maximum absolute atomic E-state index is 13.5. The van der Waals surface area contributed by atoms with E-state index in [-0.39, 0.29) is 12.5 Å². The minimum absolute atomic E-state index is 0.122. The average Bonchev–Trinajstić information content (AvgIpc) is 2.77. The lowest BCUT2D eigenvalue weighted by Gasteiger charge is -2.43. The fourth-order valence-electron chi connectivity index (χ4n) is 4.34. The highest BCUT2D eigenvalue weighted by Gasteiger charge is 2.46. The largest absolute Gasteiger partial charge is 0.497 e. The van der Waals surface area contributed by atoms with Crippen molar-refractivity contribution in [2.24, 2.45) is 5.92 Å². The summed E-state index contributed by atoms with van der Waals surface area (Å²) in [4.78, 5) is 15.6. The number of carbonyl (C=O) groups excluding carboxylic acids is 1. The second-order valence-corrected chi connectivity index (χ2v) is 8.16. The molecule has 0 radical (unpaired) electrons. The third-order valence-electron chi connectivity index (χ3n) is 5.93. The van der Waals surface area contributed by atoms with E-state index in [0.717, 1.165) is 17.0 Å². The Morgan fingerprint density at radius 3 is 2.44 bits per heavy atom. The summed E-state index contributed by atoms with van der Waals surface area (Å²) < 4.78 is 51.0. The molecule has 1 aliphatic rings. The molecule has 2 atom stereocenters. The predicted octanol–water partition coefficient (Wildman–Crippen LogP) is 4.51.